The summed E-state index contributed by atoms with van der Waals surface area (Å²) in [7, 11) is 0. The summed E-state index contributed by atoms with van der Waals surface area (Å²) in [5.41, 5.74) is 0. The van der Waals surface area contributed by atoms with Crippen LogP contribution >= 0.6 is 0 Å². The number of rotatable bonds is 3. The van der Waals surface area contributed by atoms with Crippen LogP contribution in [0.15, 0.2) is 0 Å². The molecule has 0 amide bonds. The zero-order valence-electron chi connectivity index (χ0n) is 8.44. The first kappa shape index (κ1) is 20.2. The smallest absolute Gasteiger partial charge is 0.414 e. The highest BCUT2D eigenvalue weighted by Gasteiger charge is 2.04. The SMILES string of the molecule is O=C(O)C(=O)O.O=C(O)CC(=O)O.OCCO. The van der Waals surface area contributed by atoms with Gasteiger partial charge >= 0.3 is 23.9 Å². The van der Waals surface area contributed by atoms with Crippen LogP contribution in [0.25, 0.3) is 0 Å². The van der Waals surface area contributed by atoms with Crippen LogP contribution in [-0.4, -0.2) is 67.7 Å². The topological polar surface area (TPSA) is 190 Å². The number of carboxylic acid groups (broad SMARTS) is 4. The van der Waals surface area contributed by atoms with E-state index in [0.717, 1.165) is 0 Å². The summed E-state index contributed by atoms with van der Waals surface area (Å²) >= 11 is 0. The van der Waals surface area contributed by atoms with Crippen molar-refractivity contribution < 1.29 is 49.8 Å². The Kier molecular flexibility index (Phi) is 16.4. The quantitative estimate of drug-likeness (QED) is 0.236. The normalized spacial score (nSPS) is 7.65. The fraction of sp³-hybridized carbons (Fsp3) is 0.429. The second-order valence-corrected chi connectivity index (χ2v) is 2.02. The summed E-state index contributed by atoms with van der Waals surface area (Å²) in [6.07, 6.45) is -0.806. The Morgan fingerprint density at radius 1 is 0.647 bits per heavy atom. The van der Waals surface area contributed by atoms with Crippen LogP contribution in [0.5, 0.6) is 0 Å². The zero-order chi connectivity index (χ0) is 14.4. The molecule has 100 valence electrons. The van der Waals surface area contributed by atoms with Gasteiger partial charge in [0, 0.05) is 0 Å². The zero-order valence-corrected chi connectivity index (χ0v) is 8.44. The van der Waals surface area contributed by atoms with Crippen LogP contribution in [0.1, 0.15) is 6.42 Å². The molecular formula is C7H12O10. The minimum absolute atomic E-state index is 0.125. The van der Waals surface area contributed by atoms with Crippen LogP contribution in [-0.2, 0) is 19.2 Å². The summed E-state index contributed by atoms with van der Waals surface area (Å²) in [6, 6.07) is 0. The van der Waals surface area contributed by atoms with Gasteiger partial charge in [-0.2, -0.15) is 0 Å². The van der Waals surface area contributed by atoms with Crippen LogP contribution in [0, 0.1) is 0 Å². The maximum atomic E-state index is 9.43. The second kappa shape index (κ2) is 13.8. The van der Waals surface area contributed by atoms with Gasteiger partial charge in [0.25, 0.3) is 0 Å². The number of carboxylic acids is 4. The summed E-state index contributed by atoms with van der Waals surface area (Å²) in [5, 5.41) is 45.4. The highest BCUT2D eigenvalue weighted by molar-refractivity contribution is 6.27. The molecule has 0 radical (unpaired) electrons. The number of hydrogen-bond acceptors (Lipinski definition) is 6. The predicted octanol–water partition coefficient (Wildman–Crippen LogP) is -2.33. The third-order valence-corrected chi connectivity index (χ3v) is 0.585. The molecule has 0 spiro atoms. The van der Waals surface area contributed by atoms with E-state index in [1.54, 1.807) is 0 Å². The van der Waals surface area contributed by atoms with Crippen molar-refractivity contribution in [2.45, 2.75) is 6.42 Å². The molecule has 0 rings (SSSR count). The van der Waals surface area contributed by atoms with E-state index >= 15 is 0 Å². The Bertz CT molecular complexity index is 231. The number of aliphatic hydroxyl groups is 2. The molecule has 0 aromatic rings. The van der Waals surface area contributed by atoms with Gasteiger partial charge in [-0.05, 0) is 0 Å². The van der Waals surface area contributed by atoms with E-state index in [9.17, 15) is 9.59 Å². The van der Waals surface area contributed by atoms with Gasteiger partial charge in [-0.1, -0.05) is 0 Å². The minimum Gasteiger partial charge on any atom is -0.481 e. The standard InChI is InChI=1S/C3H4O4.C2H2O4.C2H6O2/c4-2(5)1-3(6)7;3-1(4)2(5)6;3-1-2-4/h1H2,(H,4,5)(H,6,7);(H,3,4)(H,5,6);3-4H,1-2H2. The van der Waals surface area contributed by atoms with Gasteiger partial charge in [0.1, 0.15) is 6.42 Å². The van der Waals surface area contributed by atoms with Gasteiger partial charge in [-0.15, -0.1) is 0 Å². The lowest BCUT2D eigenvalue weighted by molar-refractivity contribution is -0.159. The molecule has 6 N–H and O–H groups in total. The Morgan fingerprint density at radius 3 is 0.882 bits per heavy atom. The molecule has 0 aromatic heterocycles. The molecule has 0 aliphatic carbocycles. The molecule has 0 saturated carbocycles. The number of hydrogen-bond donors (Lipinski definition) is 6. The van der Waals surface area contributed by atoms with Gasteiger partial charge in [0.2, 0.25) is 0 Å². The fourth-order valence-corrected chi connectivity index (χ4v) is 0.129. The first-order valence-electron chi connectivity index (χ1n) is 3.80. The third-order valence-electron chi connectivity index (χ3n) is 0.585. The molecule has 10 heteroatoms. The van der Waals surface area contributed by atoms with Gasteiger partial charge in [-0.25, -0.2) is 9.59 Å². The van der Waals surface area contributed by atoms with E-state index in [4.69, 9.17) is 40.2 Å². The summed E-state index contributed by atoms with van der Waals surface area (Å²) in [4.78, 5) is 37.1. The van der Waals surface area contributed by atoms with Crippen molar-refractivity contribution in [1.29, 1.82) is 0 Å². The molecule has 0 fully saturated rings. The number of carbonyl (C=O) groups is 4. The number of aliphatic hydroxyl groups excluding tert-OH is 2. The Labute approximate surface area is 94.4 Å². The molecule has 0 bridgehead atoms. The Morgan fingerprint density at radius 2 is 0.882 bits per heavy atom. The first-order chi connectivity index (χ1) is 7.68. The van der Waals surface area contributed by atoms with Crippen molar-refractivity contribution in [2.24, 2.45) is 0 Å². The lowest BCUT2D eigenvalue weighted by Gasteiger charge is -1.80. The molecule has 0 aromatic carbocycles. The highest BCUT2D eigenvalue weighted by Crippen LogP contribution is 1.74. The largest absolute Gasteiger partial charge is 0.481 e. The fourth-order valence-electron chi connectivity index (χ4n) is 0.129. The molecule has 0 atom stereocenters. The highest BCUT2D eigenvalue weighted by atomic mass is 16.4. The van der Waals surface area contributed by atoms with Crippen molar-refractivity contribution >= 4 is 23.9 Å². The third kappa shape index (κ3) is 41.6. The molecule has 0 heterocycles. The van der Waals surface area contributed by atoms with E-state index < -0.39 is 30.3 Å². The van der Waals surface area contributed by atoms with Gasteiger partial charge in [-0.3, -0.25) is 9.59 Å². The van der Waals surface area contributed by atoms with Crippen molar-refractivity contribution in [3.63, 3.8) is 0 Å². The molecule has 0 unspecified atom stereocenters. The summed E-state index contributed by atoms with van der Waals surface area (Å²) in [5.74, 6) is -6.27. The Balaban J connectivity index is -0.000000180. The van der Waals surface area contributed by atoms with Gasteiger partial charge in [0.05, 0.1) is 13.2 Å². The summed E-state index contributed by atoms with van der Waals surface area (Å²) < 4.78 is 0. The minimum atomic E-state index is -1.82. The van der Waals surface area contributed by atoms with E-state index in [-0.39, 0.29) is 13.2 Å². The monoisotopic (exact) mass is 256 g/mol. The molecule has 0 aliphatic heterocycles. The van der Waals surface area contributed by atoms with Crippen LogP contribution in [0.4, 0.5) is 0 Å². The maximum Gasteiger partial charge on any atom is 0.414 e. The first-order valence-corrected chi connectivity index (χ1v) is 3.80. The lowest BCUT2D eigenvalue weighted by Crippen LogP contribution is -2.09. The van der Waals surface area contributed by atoms with Crippen molar-refractivity contribution in [2.75, 3.05) is 13.2 Å². The average molecular weight is 256 g/mol. The molecule has 17 heavy (non-hydrogen) atoms. The molecule has 10 nitrogen and oxygen atoms in total. The van der Waals surface area contributed by atoms with E-state index in [1.165, 1.54) is 0 Å². The van der Waals surface area contributed by atoms with E-state index in [0.29, 0.717) is 0 Å². The van der Waals surface area contributed by atoms with E-state index in [1.807, 2.05) is 0 Å². The van der Waals surface area contributed by atoms with Crippen LogP contribution < -0.4 is 0 Å². The van der Waals surface area contributed by atoms with Crippen molar-refractivity contribution in [1.82, 2.24) is 0 Å². The van der Waals surface area contributed by atoms with Crippen molar-refractivity contribution in [3.8, 4) is 0 Å². The maximum absolute atomic E-state index is 9.43. The van der Waals surface area contributed by atoms with Crippen LogP contribution in [0.2, 0.25) is 0 Å². The Hall–Kier alpha value is -2.20. The molecule has 0 saturated heterocycles. The van der Waals surface area contributed by atoms with Gasteiger partial charge in [0.15, 0.2) is 0 Å². The molecule has 0 aliphatic rings. The second-order valence-electron chi connectivity index (χ2n) is 2.02. The number of aliphatic carboxylic acids is 4. The summed E-state index contributed by atoms with van der Waals surface area (Å²) in [6.45, 7) is -0.250. The van der Waals surface area contributed by atoms with E-state index in [2.05, 4.69) is 0 Å². The van der Waals surface area contributed by atoms with Crippen LogP contribution in [0.3, 0.4) is 0 Å². The van der Waals surface area contributed by atoms with Gasteiger partial charge < -0.3 is 30.6 Å². The lowest BCUT2D eigenvalue weighted by atomic mass is 10.5. The average Bonchev–Trinajstić information content (AvgIpc) is 2.16. The predicted molar refractivity (Wildman–Crippen MR) is 49.3 cm³/mol. The molecular weight excluding hydrogens is 244 g/mol. The van der Waals surface area contributed by atoms with Crippen molar-refractivity contribution in [3.05, 3.63) is 0 Å².